The first-order chi connectivity index (χ1) is 33.6. The van der Waals surface area contributed by atoms with Gasteiger partial charge in [0.05, 0.1) is 0 Å². The van der Waals surface area contributed by atoms with Gasteiger partial charge in [0.25, 0.3) is 20.0 Å². The number of rotatable bonds is 14. The van der Waals surface area contributed by atoms with Gasteiger partial charge in [-0.1, -0.05) is 12.1 Å². The van der Waals surface area contributed by atoms with Crippen LogP contribution in [-0.4, -0.2) is 106 Å². The van der Waals surface area contributed by atoms with Crippen molar-refractivity contribution in [1.29, 1.82) is 0 Å². The van der Waals surface area contributed by atoms with Crippen LogP contribution >= 0.6 is 31.9 Å². The second-order valence-electron chi connectivity index (χ2n) is 21.8. The highest BCUT2D eigenvalue weighted by molar-refractivity contribution is 9.10. The van der Waals surface area contributed by atoms with Gasteiger partial charge in [0.2, 0.25) is 5.95 Å². The van der Waals surface area contributed by atoms with Gasteiger partial charge in [0.15, 0.2) is 10.1 Å². The van der Waals surface area contributed by atoms with Crippen molar-refractivity contribution >= 4 is 69.9 Å². The second kappa shape index (κ2) is 25.4. The number of halogens is 3. The molecule has 2 fully saturated rings. The van der Waals surface area contributed by atoms with Crippen molar-refractivity contribution in [1.82, 2.24) is 29.7 Å². The molecular formula is C50H73Br2FN10O8S2. The summed E-state index contributed by atoms with van der Waals surface area (Å²) in [7, 11) is -7.78. The van der Waals surface area contributed by atoms with E-state index in [0.717, 1.165) is 84.0 Å². The third-order valence-corrected chi connectivity index (χ3v) is 14.4. The van der Waals surface area contributed by atoms with Crippen LogP contribution in [0.15, 0.2) is 92.1 Å². The Balaban J connectivity index is 0.000000270. The Hall–Kier alpha value is -4.39. The maximum absolute atomic E-state index is 12.8. The standard InChI is InChI=1S/C25H36BrN5O4S.C20H32BrN3O2.C5H5FN2O2S/c1-24(2,3)35-23(32)31-16-17(14-25(31,4)5)9-11-20(13-19-12-10-18(26)15-28-19)29-21-7-6-8-22(30-21)36(27,33)34;1-19(2,3)26-18(25)24-13-14(11-20(24,4)5)6-8-16(22)10-17-9-7-15(21)12-23-17;6-4-2-1-3-5(8-4)11(7,9)10/h6-8,10,12,15,17,20H,9,11,13-14,16H2,1-5H3,(H,29,30)(H2,27,33,34);7,9,12,14,16H,6,8,10-11,13,22H2,1-5H3;1-3H,(H2,7,9,10)/t17-,20?;14-,16?;/m00./s1. The van der Waals surface area contributed by atoms with E-state index in [1.54, 1.807) is 24.5 Å². The lowest BCUT2D eigenvalue weighted by molar-refractivity contribution is 0.0118. The summed E-state index contributed by atoms with van der Waals surface area (Å²) >= 11 is 6.81. The van der Waals surface area contributed by atoms with E-state index >= 15 is 0 Å². The molecule has 4 aromatic rings. The fraction of sp³-hybridized carbons (Fsp3) is 0.560. The zero-order chi connectivity index (χ0) is 54.7. The maximum Gasteiger partial charge on any atom is 0.410 e. The number of primary sulfonamides is 2. The van der Waals surface area contributed by atoms with Gasteiger partial charge in [0, 0.05) is 81.8 Å². The van der Waals surface area contributed by atoms with Gasteiger partial charge < -0.3 is 30.3 Å². The van der Waals surface area contributed by atoms with E-state index in [-0.39, 0.29) is 40.4 Å². The molecule has 4 atom stereocenters. The molecule has 2 aliphatic heterocycles. The smallest absolute Gasteiger partial charge is 0.410 e. The van der Waals surface area contributed by atoms with Gasteiger partial charge in [-0.25, -0.2) is 46.7 Å². The molecule has 23 heteroatoms. The third kappa shape index (κ3) is 21.0. The number of hydrogen-bond donors (Lipinski definition) is 4. The number of hydrogen-bond acceptors (Lipinski definition) is 14. The molecule has 6 rings (SSSR count). The molecule has 7 N–H and O–H groups in total. The van der Waals surface area contributed by atoms with Gasteiger partial charge in [-0.05, 0) is 200 Å². The van der Waals surface area contributed by atoms with E-state index in [0.29, 0.717) is 30.6 Å². The maximum atomic E-state index is 12.8. The SMILES string of the molecule is CC(C)(C)OC(=O)N1C[C@@H](CCC(Cc2ccc(Br)cn2)Nc2cccc(S(N)(=O)=O)n2)CC1(C)C.CC(C)(C)OC(=O)N1C[C@@H](CCC(N)Cc2ccc(Br)cn2)CC1(C)C.NS(=O)(=O)c1cccc(F)n1. The number of carbonyl (C=O) groups is 2. The number of pyridine rings is 4. The Morgan fingerprint density at radius 1 is 0.712 bits per heavy atom. The summed E-state index contributed by atoms with van der Waals surface area (Å²) in [5, 5.41) is 12.7. The van der Waals surface area contributed by atoms with Crippen molar-refractivity contribution < 1.29 is 40.3 Å². The first-order valence-corrected chi connectivity index (χ1v) is 28.7. The molecule has 0 radical (unpaired) electrons. The highest BCUT2D eigenvalue weighted by atomic mass is 79.9. The minimum absolute atomic E-state index is 0.0550. The molecule has 4 aromatic heterocycles. The molecule has 73 heavy (non-hydrogen) atoms. The summed E-state index contributed by atoms with van der Waals surface area (Å²) in [4.78, 5) is 45.1. The molecule has 0 saturated carbocycles. The van der Waals surface area contributed by atoms with E-state index in [1.165, 1.54) is 12.1 Å². The summed E-state index contributed by atoms with van der Waals surface area (Å²) in [6.07, 6.45) is 9.91. The van der Waals surface area contributed by atoms with Crippen LogP contribution in [-0.2, 0) is 42.4 Å². The molecule has 2 saturated heterocycles. The highest BCUT2D eigenvalue weighted by Gasteiger charge is 2.44. The fourth-order valence-electron chi connectivity index (χ4n) is 8.64. The van der Waals surface area contributed by atoms with Gasteiger partial charge in [0.1, 0.15) is 17.0 Å². The monoisotopic (exact) mass is 1180 g/mol. The Bertz CT molecular complexity index is 2690. The van der Waals surface area contributed by atoms with Crippen LogP contribution in [0.1, 0.15) is 119 Å². The van der Waals surface area contributed by atoms with Crippen LogP contribution < -0.4 is 21.3 Å². The molecule has 2 aliphatic rings. The van der Waals surface area contributed by atoms with Crippen molar-refractivity contribution in [2.75, 3.05) is 18.4 Å². The average molecular weight is 1190 g/mol. The Kier molecular flexibility index (Phi) is 21.3. The quantitative estimate of drug-likeness (QED) is 0.0858. The van der Waals surface area contributed by atoms with E-state index < -0.39 is 42.2 Å². The second-order valence-corrected chi connectivity index (χ2v) is 26.6. The lowest BCUT2D eigenvalue weighted by Gasteiger charge is -2.33. The molecule has 404 valence electrons. The van der Waals surface area contributed by atoms with Crippen LogP contribution in [0.5, 0.6) is 0 Å². The van der Waals surface area contributed by atoms with Crippen molar-refractivity contribution in [2.45, 2.75) is 165 Å². The number of anilines is 1. The molecule has 0 aliphatic carbocycles. The number of likely N-dealkylation sites (tertiary alicyclic amines) is 2. The van der Waals surface area contributed by atoms with E-state index in [9.17, 15) is 30.8 Å². The Morgan fingerprint density at radius 3 is 1.56 bits per heavy atom. The molecule has 0 spiro atoms. The van der Waals surface area contributed by atoms with Crippen molar-refractivity contribution in [3.63, 3.8) is 0 Å². The molecule has 2 unspecified atom stereocenters. The van der Waals surface area contributed by atoms with Gasteiger partial charge in [-0.3, -0.25) is 9.97 Å². The van der Waals surface area contributed by atoms with E-state index in [2.05, 4.69) is 89.9 Å². The Labute approximate surface area is 447 Å². The van der Waals surface area contributed by atoms with Crippen LogP contribution in [0.3, 0.4) is 0 Å². The first kappa shape index (κ1) is 61.2. The van der Waals surface area contributed by atoms with Crippen molar-refractivity contribution in [3.05, 3.63) is 99.3 Å². The lowest BCUT2D eigenvalue weighted by Crippen LogP contribution is -2.45. The Morgan fingerprint density at radius 2 is 1.15 bits per heavy atom. The predicted molar refractivity (Wildman–Crippen MR) is 287 cm³/mol. The summed E-state index contributed by atoms with van der Waals surface area (Å²) < 4.78 is 69.9. The highest BCUT2D eigenvalue weighted by Crippen LogP contribution is 2.38. The number of carbonyl (C=O) groups excluding carboxylic acids is 2. The predicted octanol–water partition coefficient (Wildman–Crippen LogP) is 9.12. The van der Waals surface area contributed by atoms with Crippen LogP contribution in [0, 0.1) is 17.8 Å². The molecule has 18 nitrogen and oxygen atoms in total. The topological polar surface area (TPSA) is 269 Å². The largest absolute Gasteiger partial charge is 0.444 e. The first-order valence-electron chi connectivity index (χ1n) is 24.0. The summed E-state index contributed by atoms with van der Waals surface area (Å²) in [6.45, 7) is 21.1. The molecular weight excluding hydrogens is 1110 g/mol. The molecule has 2 amide bonds. The number of sulfonamides is 2. The molecule has 0 bridgehead atoms. The summed E-state index contributed by atoms with van der Waals surface area (Å²) in [6, 6.07) is 16.0. The van der Waals surface area contributed by atoms with Crippen LogP contribution in [0.25, 0.3) is 0 Å². The van der Waals surface area contributed by atoms with Gasteiger partial charge >= 0.3 is 12.2 Å². The van der Waals surface area contributed by atoms with E-state index in [1.807, 2.05) is 75.6 Å². The average Bonchev–Trinajstić information content (AvgIpc) is 3.75. The minimum atomic E-state index is -3.91. The minimum Gasteiger partial charge on any atom is -0.444 e. The molecule has 0 aromatic carbocycles. The van der Waals surface area contributed by atoms with Crippen molar-refractivity contribution in [3.8, 4) is 0 Å². The molecule has 6 heterocycles. The zero-order valence-corrected chi connectivity index (χ0v) is 48.2. The third-order valence-electron chi connectivity index (χ3n) is 11.9. The van der Waals surface area contributed by atoms with Crippen molar-refractivity contribution in [2.24, 2.45) is 27.8 Å². The summed E-state index contributed by atoms with van der Waals surface area (Å²) in [5.41, 5.74) is 6.74. The van der Waals surface area contributed by atoms with Crippen LogP contribution in [0.4, 0.5) is 19.8 Å². The number of nitrogens with one attached hydrogen (secondary N) is 1. The normalized spacial score (nSPS) is 18.4. The number of nitrogens with zero attached hydrogens (tertiary/aromatic N) is 6. The number of amides is 2. The fourth-order valence-corrected chi connectivity index (χ4v) is 10.1. The van der Waals surface area contributed by atoms with Crippen LogP contribution in [0.2, 0.25) is 0 Å². The number of nitrogens with two attached hydrogens (primary N) is 3. The lowest BCUT2D eigenvalue weighted by atomic mass is 9.91. The number of aromatic nitrogens is 4. The summed E-state index contributed by atoms with van der Waals surface area (Å²) in [5.74, 6) is 0.335. The van der Waals surface area contributed by atoms with E-state index in [4.69, 9.17) is 20.3 Å². The number of ether oxygens (including phenoxy) is 2. The zero-order valence-electron chi connectivity index (χ0n) is 43.4. The van der Waals surface area contributed by atoms with Gasteiger partial charge in [-0.2, -0.15) is 4.39 Å². The van der Waals surface area contributed by atoms with Gasteiger partial charge in [-0.15, -0.1) is 0 Å².